The van der Waals surface area contributed by atoms with Gasteiger partial charge in [0, 0.05) is 35.9 Å². The number of anilines is 1. The van der Waals surface area contributed by atoms with Crippen LogP contribution in [0.25, 0.3) is 0 Å². The maximum absolute atomic E-state index is 12.9. The quantitative estimate of drug-likeness (QED) is 0.683. The lowest BCUT2D eigenvalue weighted by atomic mass is 9.72. The smallest absolute Gasteiger partial charge is 0.322 e. The maximum Gasteiger partial charge on any atom is 0.322 e. The van der Waals surface area contributed by atoms with Gasteiger partial charge in [-0.3, -0.25) is 29.3 Å². The van der Waals surface area contributed by atoms with Crippen LogP contribution in [0.2, 0.25) is 0 Å². The molecule has 0 spiro atoms. The average Bonchev–Trinajstić information content (AvgIpc) is 2.56. The van der Waals surface area contributed by atoms with Crippen LogP contribution in [0.3, 0.4) is 0 Å². The normalized spacial score (nSPS) is 23.0. The molecule has 2 aliphatic rings. The monoisotopic (exact) mass is 344 g/mol. The SMILES string of the molecule is O=C(O)CNc1cccc2c1C(=O)C(C1CCC(=O)NC1=O)CC2=O. The van der Waals surface area contributed by atoms with Crippen molar-refractivity contribution in [3.8, 4) is 0 Å². The van der Waals surface area contributed by atoms with Gasteiger partial charge in [0.15, 0.2) is 11.6 Å². The van der Waals surface area contributed by atoms with Gasteiger partial charge in [-0.05, 0) is 12.5 Å². The van der Waals surface area contributed by atoms with Crippen LogP contribution < -0.4 is 10.6 Å². The van der Waals surface area contributed by atoms with Gasteiger partial charge in [-0.2, -0.15) is 0 Å². The number of fused-ring (bicyclic) bond motifs is 1. The van der Waals surface area contributed by atoms with Crippen molar-refractivity contribution < 1.29 is 29.1 Å². The molecule has 1 heterocycles. The second-order valence-electron chi connectivity index (χ2n) is 6.13. The molecule has 0 bridgehead atoms. The zero-order chi connectivity index (χ0) is 18.1. The van der Waals surface area contributed by atoms with Crippen LogP contribution in [0.1, 0.15) is 40.0 Å². The standard InChI is InChI=1S/C17H16N2O6/c20-12-6-10(8-4-5-13(21)19-17(8)25)16(24)15-9(12)2-1-3-11(15)18-7-14(22)23/h1-3,8,10,18H,4-7H2,(H,22,23)(H,19,21,25). The van der Waals surface area contributed by atoms with Crippen LogP contribution in [0.4, 0.5) is 5.69 Å². The Labute approximate surface area is 142 Å². The summed E-state index contributed by atoms with van der Waals surface area (Å²) in [4.78, 5) is 59.6. The molecule has 1 aliphatic carbocycles. The second-order valence-corrected chi connectivity index (χ2v) is 6.13. The summed E-state index contributed by atoms with van der Waals surface area (Å²) >= 11 is 0. The highest BCUT2D eigenvalue weighted by molar-refractivity contribution is 6.19. The molecule has 130 valence electrons. The number of hydrogen-bond donors (Lipinski definition) is 3. The van der Waals surface area contributed by atoms with E-state index in [0.717, 1.165) is 0 Å². The molecule has 8 nitrogen and oxygen atoms in total. The number of carbonyl (C=O) groups excluding carboxylic acids is 4. The molecule has 2 atom stereocenters. The fourth-order valence-corrected chi connectivity index (χ4v) is 3.38. The highest BCUT2D eigenvalue weighted by Gasteiger charge is 2.43. The van der Waals surface area contributed by atoms with E-state index in [4.69, 9.17) is 5.11 Å². The summed E-state index contributed by atoms with van der Waals surface area (Å²) < 4.78 is 0. The fourth-order valence-electron chi connectivity index (χ4n) is 3.38. The van der Waals surface area contributed by atoms with E-state index in [1.165, 1.54) is 12.1 Å². The van der Waals surface area contributed by atoms with Crippen LogP contribution in [-0.2, 0) is 14.4 Å². The van der Waals surface area contributed by atoms with Crippen molar-refractivity contribution in [2.75, 3.05) is 11.9 Å². The van der Waals surface area contributed by atoms with Crippen molar-refractivity contribution in [2.24, 2.45) is 11.8 Å². The average molecular weight is 344 g/mol. The van der Waals surface area contributed by atoms with Crippen LogP contribution in [0.5, 0.6) is 0 Å². The molecule has 25 heavy (non-hydrogen) atoms. The molecule has 3 N–H and O–H groups in total. The minimum Gasteiger partial charge on any atom is -0.480 e. The number of carboxylic acid groups (broad SMARTS) is 1. The Morgan fingerprint density at radius 1 is 1.20 bits per heavy atom. The highest BCUT2D eigenvalue weighted by Crippen LogP contribution is 2.36. The summed E-state index contributed by atoms with van der Waals surface area (Å²) in [5.74, 6) is -4.27. The number of Topliss-reactive ketones (excluding diaryl/α,β-unsaturated/α-hetero) is 2. The van der Waals surface area contributed by atoms with Gasteiger partial charge in [0.1, 0.15) is 6.54 Å². The maximum atomic E-state index is 12.9. The minimum atomic E-state index is -1.10. The summed E-state index contributed by atoms with van der Waals surface area (Å²) in [5.41, 5.74) is 0.605. The number of ketones is 2. The summed E-state index contributed by atoms with van der Waals surface area (Å²) in [6, 6.07) is 4.61. The Kier molecular flexibility index (Phi) is 4.35. The Morgan fingerprint density at radius 3 is 2.64 bits per heavy atom. The number of hydrogen-bond acceptors (Lipinski definition) is 6. The Hall–Kier alpha value is -3.03. The lowest BCUT2D eigenvalue weighted by Crippen LogP contribution is -2.47. The first-order chi connectivity index (χ1) is 11.9. The number of carboxylic acids is 1. The lowest BCUT2D eigenvalue weighted by molar-refractivity contribution is -0.137. The first kappa shape index (κ1) is 16.8. The molecule has 1 aromatic carbocycles. The molecule has 0 aromatic heterocycles. The minimum absolute atomic E-state index is 0.0967. The van der Waals surface area contributed by atoms with Crippen molar-refractivity contribution >= 4 is 35.0 Å². The number of rotatable bonds is 4. The molecule has 2 amide bonds. The number of nitrogens with one attached hydrogen (secondary N) is 2. The van der Waals surface area contributed by atoms with Crippen molar-refractivity contribution in [3.05, 3.63) is 29.3 Å². The van der Waals surface area contributed by atoms with E-state index < -0.39 is 30.3 Å². The predicted molar refractivity (Wildman–Crippen MR) is 85.2 cm³/mol. The summed E-state index contributed by atoms with van der Waals surface area (Å²) in [6.45, 7) is -0.402. The molecule has 1 aromatic rings. The van der Waals surface area contributed by atoms with E-state index in [1.807, 2.05) is 0 Å². The van der Waals surface area contributed by atoms with E-state index in [0.29, 0.717) is 0 Å². The molecule has 8 heteroatoms. The summed E-state index contributed by atoms with van der Waals surface area (Å²) in [5, 5.41) is 13.7. The Morgan fingerprint density at radius 2 is 1.96 bits per heavy atom. The van der Waals surface area contributed by atoms with Crippen LogP contribution in [0.15, 0.2) is 18.2 Å². The molecule has 1 fully saturated rings. The van der Waals surface area contributed by atoms with Gasteiger partial charge >= 0.3 is 5.97 Å². The van der Waals surface area contributed by atoms with Gasteiger partial charge in [-0.1, -0.05) is 12.1 Å². The Balaban J connectivity index is 1.95. The van der Waals surface area contributed by atoms with Gasteiger partial charge in [0.25, 0.3) is 0 Å². The van der Waals surface area contributed by atoms with E-state index in [9.17, 15) is 24.0 Å². The number of piperidine rings is 1. The van der Waals surface area contributed by atoms with E-state index >= 15 is 0 Å². The summed E-state index contributed by atoms with van der Waals surface area (Å²) in [7, 11) is 0. The number of imide groups is 1. The van der Waals surface area contributed by atoms with Crippen molar-refractivity contribution in [2.45, 2.75) is 19.3 Å². The molecular formula is C17H16N2O6. The first-order valence-electron chi connectivity index (χ1n) is 7.88. The molecule has 3 rings (SSSR count). The third-order valence-electron chi connectivity index (χ3n) is 4.55. The first-order valence-corrected chi connectivity index (χ1v) is 7.88. The van der Waals surface area contributed by atoms with Crippen LogP contribution >= 0.6 is 0 Å². The number of amides is 2. The number of carbonyl (C=O) groups is 5. The molecular weight excluding hydrogens is 328 g/mol. The molecule has 0 saturated carbocycles. The van der Waals surface area contributed by atoms with E-state index in [1.54, 1.807) is 6.07 Å². The summed E-state index contributed by atoms with van der Waals surface area (Å²) in [6.07, 6.45) is 0.245. The Bertz CT molecular complexity index is 800. The second kappa shape index (κ2) is 6.46. The third kappa shape index (κ3) is 3.15. The van der Waals surface area contributed by atoms with Gasteiger partial charge in [0.05, 0.1) is 5.56 Å². The number of benzene rings is 1. The van der Waals surface area contributed by atoms with Gasteiger partial charge in [-0.15, -0.1) is 0 Å². The van der Waals surface area contributed by atoms with Gasteiger partial charge < -0.3 is 10.4 Å². The predicted octanol–water partition coefficient (Wildman–Crippen LogP) is 0.621. The zero-order valence-corrected chi connectivity index (χ0v) is 13.2. The zero-order valence-electron chi connectivity index (χ0n) is 13.2. The number of aliphatic carboxylic acids is 1. The van der Waals surface area contributed by atoms with E-state index in [-0.39, 0.29) is 53.6 Å². The molecule has 1 saturated heterocycles. The third-order valence-corrected chi connectivity index (χ3v) is 4.55. The molecule has 2 unspecified atom stereocenters. The van der Waals surface area contributed by atoms with Crippen LogP contribution in [0, 0.1) is 11.8 Å². The fraction of sp³-hybridized carbons (Fsp3) is 0.353. The molecule has 0 radical (unpaired) electrons. The van der Waals surface area contributed by atoms with Gasteiger partial charge in [0.2, 0.25) is 11.8 Å². The lowest BCUT2D eigenvalue weighted by Gasteiger charge is -2.31. The van der Waals surface area contributed by atoms with Crippen molar-refractivity contribution in [1.29, 1.82) is 0 Å². The van der Waals surface area contributed by atoms with E-state index in [2.05, 4.69) is 10.6 Å². The highest BCUT2D eigenvalue weighted by atomic mass is 16.4. The largest absolute Gasteiger partial charge is 0.480 e. The van der Waals surface area contributed by atoms with Crippen molar-refractivity contribution in [1.82, 2.24) is 5.32 Å². The molecule has 1 aliphatic heterocycles. The topological polar surface area (TPSA) is 130 Å². The van der Waals surface area contributed by atoms with Gasteiger partial charge in [-0.25, -0.2) is 0 Å². The van der Waals surface area contributed by atoms with Crippen LogP contribution in [-0.4, -0.2) is 41.0 Å². The van der Waals surface area contributed by atoms with Crippen molar-refractivity contribution in [3.63, 3.8) is 0 Å².